The van der Waals surface area contributed by atoms with Crippen molar-refractivity contribution in [2.45, 2.75) is 25.8 Å². The zero-order chi connectivity index (χ0) is 13.2. The van der Waals surface area contributed by atoms with Gasteiger partial charge in [-0.2, -0.15) is 0 Å². The molecule has 0 aliphatic carbocycles. The van der Waals surface area contributed by atoms with Gasteiger partial charge in [-0.15, -0.1) is 11.3 Å². The minimum absolute atomic E-state index is 0.179. The zero-order valence-corrected chi connectivity index (χ0v) is 11.8. The molecule has 1 aliphatic rings. The van der Waals surface area contributed by atoms with E-state index in [1.165, 1.54) is 22.5 Å². The molecule has 3 heteroatoms. The number of thiophene rings is 1. The standard InChI is InChI=1S/C16H17NOS/c1-12-6-8-13(9-7-12)14-4-2-10-17(14)16(18)15-5-3-11-19-15/h3,5-9,11,14H,2,4,10H2,1H3. The Bertz CT molecular complexity index is 559. The molecular formula is C16H17NOS. The molecule has 0 spiro atoms. The van der Waals surface area contributed by atoms with Crippen LogP contribution < -0.4 is 0 Å². The predicted octanol–water partition coefficient (Wildman–Crippen LogP) is 4.03. The highest BCUT2D eigenvalue weighted by Gasteiger charge is 2.30. The van der Waals surface area contributed by atoms with Gasteiger partial charge in [0.1, 0.15) is 0 Å². The molecule has 0 saturated carbocycles. The molecule has 1 atom stereocenters. The summed E-state index contributed by atoms with van der Waals surface area (Å²) in [7, 11) is 0. The number of hydrogen-bond donors (Lipinski definition) is 0. The lowest BCUT2D eigenvalue weighted by atomic mass is 10.0. The number of benzene rings is 1. The van der Waals surface area contributed by atoms with Crippen molar-refractivity contribution in [3.8, 4) is 0 Å². The molecule has 1 unspecified atom stereocenters. The molecule has 0 bridgehead atoms. The Kier molecular flexibility index (Phi) is 3.38. The normalized spacial score (nSPS) is 18.8. The van der Waals surface area contributed by atoms with Crippen molar-refractivity contribution in [1.29, 1.82) is 0 Å². The van der Waals surface area contributed by atoms with Crippen molar-refractivity contribution >= 4 is 17.2 Å². The van der Waals surface area contributed by atoms with Gasteiger partial charge in [0.25, 0.3) is 5.91 Å². The summed E-state index contributed by atoms with van der Waals surface area (Å²) in [4.78, 5) is 15.4. The van der Waals surface area contributed by atoms with Gasteiger partial charge in [-0.1, -0.05) is 35.9 Å². The highest BCUT2D eigenvalue weighted by molar-refractivity contribution is 7.12. The van der Waals surface area contributed by atoms with Gasteiger partial charge in [0.15, 0.2) is 0 Å². The van der Waals surface area contributed by atoms with Crippen LogP contribution in [0.15, 0.2) is 41.8 Å². The van der Waals surface area contributed by atoms with Crippen LogP contribution in [0.3, 0.4) is 0 Å². The van der Waals surface area contributed by atoms with Crippen LogP contribution in [0, 0.1) is 6.92 Å². The Labute approximate surface area is 117 Å². The van der Waals surface area contributed by atoms with Crippen molar-refractivity contribution in [1.82, 2.24) is 4.90 Å². The largest absolute Gasteiger partial charge is 0.331 e. The molecule has 0 N–H and O–H groups in total. The third kappa shape index (κ3) is 2.43. The summed E-state index contributed by atoms with van der Waals surface area (Å²) < 4.78 is 0. The van der Waals surface area contributed by atoms with Gasteiger partial charge < -0.3 is 4.90 Å². The van der Waals surface area contributed by atoms with Gasteiger partial charge in [0, 0.05) is 6.54 Å². The van der Waals surface area contributed by atoms with E-state index in [-0.39, 0.29) is 11.9 Å². The van der Waals surface area contributed by atoms with Gasteiger partial charge in [0.05, 0.1) is 10.9 Å². The Hall–Kier alpha value is -1.61. The maximum atomic E-state index is 12.5. The summed E-state index contributed by atoms with van der Waals surface area (Å²) in [5.74, 6) is 0.179. The number of amides is 1. The van der Waals surface area contributed by atoms with E-state index < -0.39 is 0 Å². The summed E-state index contributed by atoms with van der Waals surface area (Å²) >= 11 is 1.53. The van der Waals surface area contributed by atoms with Crippen molar-refractivity contribution in [3.05, 3.63) is 57.8 Å². The smallest absolute Gasteiger partial charge is 0.264 e. The first kappa shape index (κ1) is 12.4. The van der Waals surface area contributed by atoms with E-state index in [1.54, 1.807) is 0 Å². The minimum atomic E-state index is 0.179. The number of aryl methyl sites for hydroxylation is 1. The van der Waals surface area contributed by atoms with Crippen LogP contribution in [0.1, 0.15) is 39.7 Å². The lowest BCUT2D eigenvalue weighted by molar-refractivity contribution is 0.0740. The van der Waals surface area contributed by atoms with Crippen LogP contribution in [0.2, 0.25) is 0 Å². The molecule has 0 radical (unpaired) electrons. The topological polar surface area (TPSA) is 20.3 Å². The van der Waals surface area contributed by atoms with Crippen LogP contribution in [-0.4, -0.2) is 17.4 Å². The third-order valence-electron chi connectivity index (χ3n) is 3.71. The fraction of sp³-hybridized carbons (Fsp3) is 0.312. The molecule has 1 aromatic carbocycles. The number of rotatable bonds is 2. The lowest BCUT2D eigenvalue weighted by Crippen LogP contribution is -2.29. The average Bonchev–Trinajstić information content (AvgIpc) is 3.10. The van der Waals surface area contributed by atoms with E-state index in [2.05, 4.69) is 31.2 Å². The van der Waals surface area contributed by atoms with Crippen LogP contribution in [-0.2, 0) is 0 Å². The first-order valence-electron chi connectivity index (χ1n) is 6.67. The van der Waals surface area contributed by atoms with E-state index >= 15 is 0 Å². The number of hydrogen-bond acceptors (Lipinski definition) is 2. The van der Waals surface area contributed by atoms with Gasteiger partial charge in [-0.25, -0.2) is 0 Å². The van der Waals surface area contributed by atoms with Crippen molar-refractivity contribution in [3.63, 3.8) is 0 Å². The fourth-order valence-electron chi connectivity index (χ4n) is 2.69. The molecule has 1 fully saturated rings. The Morgan fingerprint density at radius 1 is 1.26 bits per heavy atom. The summed E-state index contributed by atoms with van der Waals surface area (Å²) in [6.45, 7) is 2.96. The molecule has 3 rings (SSSR count). The lowest BCUT2D eigenvalue weighted by Gasteiger charge is -2.24. The summed E-state index contributed by atoms with van der Waals surface area (Å²) in [6, 6.07) is 12.7. The van der Waals surface area contributed by atoms with Gasteiger partial charge in [-0.3, -0.25) is 4.79 Å². The molecule has 98 valence electrons. The highest BCUT2D eigenvalue weighted by atomic mass is 32.1. The second-order valence-electron chi connectivity index (χ2n) is 5.04. The summed E-state index contributed by atoms with van der Waals surface area (Å²) in [5, 5.41) is 1.96. The van der Waals surface area contributed by atoms with E-state index in [4.69, 9.17) is 0 Å². The molecule has 1 aromatic heterocycles. The molecule has 1 amide bonds. The van der Waals surface area contributed by atoms with Gasteiger partial charge >= 0.3 is 0 Å². The van der Waals surface area contributed by atoms with E-state index in [1.807, 2.05) is 22.4 Å². The van der Waals surface area contributed by atoms with Crippen LogP contribution >= 0.6 is 11.3 Å². The first-order valence-corrected chi connectivity index (χ1v) is 7.55. The fourth-order valence-corrected chi connectivity index (χ4v) is 3.37. The zero-order valence-electron chi connectivity index (χ0n) is 11.0. The number of carbonyl (C=O) groups is 1. The van der Waals surface area contributed by atoms with Gasteiger partial charge in [0.2, 0.25) is 0 Å². The predicted molar refractivity (Wildman–Crippen MR) is 78.5 cm³/mol. The molecule has 2 aromatic rings. The van der Waals surface area contributed by atoms with Crippen LogP contribution in [0.25, 0.3) is 0 Å². The van der Waals surface area contributed by atoms with Crippen molar-refractivity contribution < 1.29 is 4.79 Å². The molecule has 2 heterocycles. The molecule has 2 nitrogen and oxygen atoms in total. The van der Waals surface area contributed by atoms with Crippen molar-refractivity contribution in [2.75, 3.05) is 6.54 Å². The molecule has 1 saturated heterocycles. The summed E-state index contributed by atoms with van der Waals surface area (Å²) in [5.41, 5.74) is 2.52. The van der Waals surface area contributed by atoms with E-state index in [0.717, 1.165) is 24.3 Å². The van der Waals surface area contributed by atoms with E-state index in [0.29, 0.717) is 0 Å². The Morgan fingerprint density at radius 2 is 2.05 bits per heavy atom. The highest BCUT2D eigenvalue weighted by Crippen LogP contribution is 2.33. The Morgan fingerprint density at radius 3 is 2.74 bits per heavy atom. The second-order valence-corrected chi connectivity index (χ2v) is 5.99. The molecule has 19 heavy (non-hydrogen) atoms. The average molecular weight is 271 g/mol. The van der Waals surface area contributed by atoms with Crippen molar-refractivity contribution in [2.24, 2.45) is 0 Å². The third-order valence-corrected chi connectivity index (χ3v) is 4.57. The number of carbonyl (C=O) groups excluding carboxylic acids is 1. The molecular weight excluding hydrogens is 254 g/mol. The van der Waals surface area contributed by atoms with Gasteiger partial charge in [-0.05, 0) is 36.8 Å². The quantitative estimate of drug-likeness (QED) is 0.807. The first-order chi connectivity index (χ1) is 9.25. The summed E-state index contributed by atoms with van der Waals surface area (Å²) in [6.07, 6.45) is 2.16. The SMILES string of the molecule is Cc1ccc(C2CCCN2C(=O)c2cccs2)cc1. The van der Waals surface area contributed by atoms with Crippen LogP contribution in [0.5, 0.6) is 0 Å². The number of likely N-dealkylation sites (tertiary alicyclic amines) is 1. The van der Waals surface area contributed by atoms with Crippen LogP contribution in [0.4, 0.5) is 0 Å². The second kappa shape index (κ2) is 5.17. The molecule has 1 aliphatic heterocycles. The minimum Gasteiger partial charge on any atom is -0.331 e. The maximum absolute atomic E-state index is 12.5. The number of nitrogens with zero attached hydrogens (tertiary/aromatic N) is 1. The monoisotopic (exact) mass is 271 g/mol. The maximum Gasteiger partial charge on any atom is 0.264 e. The van der Waals surface area contributed by atoms with E-state index in [9.17, 15) is 4.79 Å². The Balaban J connectivity index is 1.85.